The van der Waals surface area contributed by atoms with Crippen LogP contribution in [0.5, 0.6) is 5.75 Å². The van der Waals surface area contributed by atoms with Gasteiger partial charge in [0, 0.05) is 7.05 Å². The van der Waals surface area contributed by atoms with Crippen molar-refractivity contribution in [3.8, 4) is 5.75 Å². The van der Waals surface area contributed by atoms with Crippen LogP contribution < -0.4 is 10.1 Å². The van der Waals surface area contributed by atoms with E-state index in [2.05, 4.69) is 5.32 Å². The van der Waals surface area contributed by atoms with Gasteiger partial charge in [-0.1, -0.05) is 17.7 Å². The van der Waals surface area contributed by atoms with Crippen LogP contribution in [0.4, 0.5) is 0 Å². The Kier molecular flexibility index (Phi) is 3.97. The van der Waals surface area contributed by atoms with E-state index in [0.29, 0.717) is 10.8 Å². The van der Waals surface area contributed by atoms with Crippen LogP contribution in [0.1, 0.15) is 12.5 Å². The van der Waals surface area contributed by atoms with Crippen LogP contribution in [0.2, 0.25) is 5.02 Å². The minimum Gasteiger partial charge on any atom is -0.479 e. The highest BCUT2D eigenvalue weighted by Gasteiger charge is 2.13. The molecule has 1 unspecified atom stereocenters. The molecule has 1 N–H and O–H groups in total. The second kappa shape index (κ2) is 5.03. The van der Waals surface area contributed by atoms with Crippen molar-refractivity contribution in [1.29, 1.82) is 0 Å². The number of carbonyl (C=O) groups is 1. The predicted molar refractivity (Wildman–Crippen MR) is 60.3 cm³/mol. The monoisotopic (exact) mass is 227 g/mol. The van der Waals surface area contributed by atoms with E-state index in [1.807, 2.05) is 13.0 Å². The lowest BCUT2D eigenvalue weighted by Gasteiger charge is -2.14. The average Bonchev–Trinajstić information content (AvgIpc) is 2.20. The molecule has 1 atom stereocenters. The molecule has 0 aliphatic rings. The van der Waals surface area contributed by atoms with E-state index in [1.165, 1.54) is 0 Å². The van der Waals surface area contributed by atoms with Crippen molar-refractivity contribution in [2.75, 3.05) is 7.05 Å². The van der Waals surface area contributed by atoms with E-state index in [1.54, 1.807) is 26.1 Å². The summed E-state index contributed by atoms with van der Waals surface area (Å²) in [5.74, 6) is 0.352. The van der Waals surface area contributed by atoms with Gasteiger partial charge in [0.25, 0.3) is 5.91 Å². The number of likely N-dealkylation sites (N-methyl/N-ethyl adjacent to an activating group) is 1. The maximum Gasteiger partial charge on any atom is 0.260 e. The third-order valence-electron chi connectivity index (χ3n) is 2.01. The molecule has 0 saturated carbocycles. The minimum absolute atomic E-state index is 0.174. The van der Waals surface area contributed by atoms with Crippen LogP contribution in [0.3, 0.4) is 0 Å². The zero-order valence-electron chi connectivity index (χ0n) is 9.00. The molecular weight excluding hydrogens is 214 g/mol. The highest BCUT2D eigenvalue weighted by atomic mass is 35.5. The zero-order valence-corrected chi connectivity index (χ0v) is 9.76. The maximum absolute atomic E-state index is 11.2. The van der Waals surface area contributed by atoms with E-state index >= 15 is 0 Å². The van der Waals surface area contributed by atoms with Crippen molar-refractivity contribution in [3.63, 3.8) is 0 Å². The molecular formula is C11H14ClNO2. The number of carbonyl (C=O) groups excluding carboxylic acids is 1. The molecule has 0 aliphatic heterocycles. The normalized spacial score (nSPS) is 12.0. The van der Waals surface area contributed by atoms with Gasteiger partial charge in [0.05, 0.1) is 5.02 Å². The summed E-state index contributed by atoms with van der Waals surface area (Å²) in [6.07, 6.45) is -0.546. The number of rotatable bonds is 3. The first-order chi connectivity index (χ1) is 7.04. The molecule has 1 aromatic carbocycles. The Balaban J connectivity index is 2.76. The first kappa shape index (κ1) is 11.9. The van der Waals surface area contributed by atoms with Gasteiger partial charge in [0.2, 0.25) is 0 Å². The number of hydrogen-bond donors (Lipinski definition) is 1. The quantitative estimate of drug-likeness (QED) is 0.860. The Bertz CT molecular complexity index is 366. The molecule has 4 heteroatoms. The van der Waals surface area contributed by atoms with Crippen molar-refractivity contribution in [2.24, 2.45) is 0 Å². The Morgan fingerprint density at radius 3 is 2.73 bits per heavy atom. The van der Waals surface area contributed by atoms with Crippen LogP contribution >= 0.6 is 11.6 Å². The number of halogens is 1. The van der Waals surface area contributed by atoms with Crippen LogP contribution in [-0.2, 0) is 4.79 Å². The SMILES string of the molecule is CNC(=O)C(C)Oc1ccc(C)cc1Cl. The second-order valence-corrected chi connectivity index (χ2v) is 3.72. The lowest BCUT2D eigenvalue weighted by atomic mass is 10.2. The summed E-state index contributed by atoms with van der Waals surface area (Å²) in [4.78, 5) is 11.2. The molecule has 1 aromatic rings. The highest BCUT2D eigenvalue weighted by molar-refractivity contribution is 6.32. The molecule has 1 amide bonds. The fraction of sp³-hybridized carbons (Fsp3) is 0.364. The molecule has 0 spiro atoms. The van der Waals surface area contributed by atoms with Gasteiger partial charge < -0.3 is 10.1 Å². The largest absolute Gasteiger partial charge is 0.479 e. The minimum atomic E-state index is -0.546. The third-order valence-corrected chi connectivity index (χ3v) is 2.30. The molecule has 0 radical (unpaired) electrons. The summed E-state index contributed by atoms with van der Waals surface area (Å²) in [5.41, 5.74) is 1.06. The van der Waals surface area contributed by atoms with E-state index < -0.39 is 6.10 Å². The Hall–Kier alpha value is -1.22. The number of aryl methyl sites for hydroxylation is 1. The zero-order chi connectivity index (χ0) is 11.4. The van der Waals surface area contributed by atoms with E-state index in [9.17, 15) is 4.79 Å². The molecule has 0 aliphatic carbocycles. The van der Waals surface area contributed by atoms with Gasteiger partial charge in [0.1, 0.15) is 5.75 Å². The summed E-state index contributed by atoms with van der Waals surface area (Å²) in [7, 11) is 1.57. The van der Waals surface area contributed by atoms with Crippen LogP contribution in [0, 0.1) is 6.92 Å². The van der Waals surface area contributed by atoms with Gasteiger partial charge >= 0.3 is 0 Å². The summed E-state index contributed by atoms with van der Waals surface area (Å²) < 4.78 is 5.41. The Morgan fingerprint density at radius 1 is 1.53 bits per heavy atom. The van der Waals surface area contributed by atoms with Crippen molar-refractivity contribution in [3.05, 3.63) is 28.8 Å². The van der Waals surface area contributed by atoms with Gasteiger partial charge in [0.15, 0.2) is 6.10 Å². The molecule has 3 nitrogen and oxygen atoms in total. The smallest absolute Gasteiger partial charge is 0.260 e. The topological polar surface area (TPSA) is 38.3 Å². The van der Waals surface area contributed by atoms with Gasteiger partial charge in [-0.05, 0) is 31.5 Å². The summed E-state index contributed by atoms with van der Waals surface area (Å²) >= 11 is 5.96. The number of ether oxygens (including phenoxy) is 1. The summed E-state index contributed by atoms with van der Waals surface area (Å²) in [6, 6.07) is 5.45. The molecule has 0 bridgehead atoms. The van der Waals surface area contributed by atoms with Gasteiger partial charge in [-0.2, -0.15) is 0 Å². The Morgan fingerprint density at radius 2 is 2.20 bits per heavy atom. The number of hydrogen-bond acceptors (Lipinski definition) is 2. The lowest BCUT2D eigenvalue weighted by molar-refractivity contribution is -0.126. The van der Waals surface area contributed by atoms with Crippen molar-refractivity contribution >= 4 is 17.5 Å². The highest BCUT2D eigenvalue weighted by Crippen LogP contribution is 2.25. The number of benzene rings is 1. The van der Waals surface area contributed by atoms with Crippen molar-refractivity contribution in [2.45, 2.75) is 20.0 Å². The molecule has 0 saturated heterocycles. The van der Waals surface area contributed by atoms with Gasteiger partial charge in [-0.3, -0.25) is 4.79 Å². The van der Waals surface area contributed by atoms with E-state index in [4.69, 9.17) is 16.3 Å². The molecule has 15 heavy (non-hydrogen) atoms. The van der Waals surface area contributed by atoms with Crippen LogP contribution in [0.25, 0.3) is 0 Å². The molecule has 0 heterocycles. The molecule has 82 valence electrons. The average molecular weight is 228 g/mol. The van der Waals surface area contributed by atoms with Crippen LogP contribution in [-0.4, -0.2) is 19.1 Å². The molecule has 0 fully saturated rings. The molecule has 1 rings (SSSR count). The van der Waals surface area contributed by atoms with E-state index in [0.717, 1.165) is 5.56 Å². The number of amides is 1. The number of nitrogens with one attached hydrogen (secondary N) is 1. The standard InChI is InChI=1S/C11H14ClNO2/c1-7-4-5-10(9(12)6-7)15-8(2)11(14)13-3/h4-6,8H,1-3H3,(H,13,14). The van der Waals surface area contributed by atoms with Gasteiger partial charge in [-0.15, -0.1) is 0 Å². The molecule has 0 aromatic heterocycles. The third kappa shape index (κ3) is 3.13. The van der Waals surface area contributed by atoms with Crippen LogP contribution in [0.15, 0.2) is 18.2 Å². The van der Waals surface area contributed by atoms with Crippen molar-refractivity contribution < 1.29 is 9.53 Å². The van der Waals surface area contributed by atoms with E-state index in [-0.39, 0.29) is 5.91 Å². The van der Waals surface area contributed by atoms with Crippen molar-refractivity contribution in [1.82, 2.24) is 5.32 Å². The summed E-state index contributed by atoms with van der Waals surface area (Å²) in [6.45, 7) is 3.62. The summed E-state index contributed by atoms with van der Waals surface area (Å²) in [5, 5.41) is 3.03. The first-order valence-electron chi connectivity index (χ1n) is 4.69. The lowest BCUT2D eigenvalue weighted by Crippen LogP contribution is -2.33. The van der Waals surface area contributed by atoms with Gasteiger partial charge in [-0.25, -0.2) is 0 Å². The maximum atomic E-state index is 11.2. The fourth-order valence-corrected chi connectivity index (χ4v) is 1.43. The Labute approximate surface area is 94.4 Å². The predicted octanol–water partition coefficient (Wildman–Crippen LogP) is 2.16. The fourth-order valence-electron chi connectivity index (χ4n) is 1.15. The first-order valence-corrected chi connectivity index (χ1v) is 5.06. The second-order valence-electron chi connectivity index (χ2n) is 3.31.